The molecule has 0 atom stereocenters. The van der Waals surface area contributed by atoms with Crippen molar-refractivity contribution in [2.45, 2.75) is 47.1 Å². The number of nitrogens with zero attached hydrogens (tertiary/aromatic N) is 2. The SMILES string of the molecule is C=C/C(=C\N)C\C=C/C(=C\N)C(/C=C)=C/c1c(C)c(C)c(-c2ccc(-c3ccc(/C(C=C)=C/C)nc3)cc2C=C)n1CC/C=C\C. The lowest BCUT2D eigenvalue weighted by atomic mass is 9.96. The Morgan fingerprint density at radius 3 is 2.20 bits per heavy atom. The van der Waals surface area contributed by atoms with Gasteiger partial charge in [0, 0.05) is 35.8 Å². The molecule has 3 aromatic rings. The van der Waals surface area contributed by atoms with Crippen LogP contribution >= 0.6 is 0 Å². The summed E-state index contributed by atoms with van der Waals surface area (Å²) in [4.78, 5) is 4.69. The fraction of sp³-hybridized carbons (Fsp3) is 0.167. The zero-order chi connectivity index (χ0) is 33.6. The number of hydrogen-bond donors (Lipinski definition) is 2. The summed E-state index contributed by atoms with van der Waals surface area (Å²) in [5.74, 6) is 0. The van der Waals surface area contributed by atoms with Crippen LogP contribution in [0.4, 0.5) is 0 Å². The average molecular weight is 609 g/mol. The van der Waals surface area contributed by atoms with Gasteiger partial charge in [-0.15, -0.1) is 0 Å². The fourth-order valence-electron chi connectivity index (χ4n) is 5.46. The molecule has 0 amide bonds. The first-order valence-corrected chi connectivity index (χ1v) is 15.6. The highest BCUT2D eigenvalue weighted by molar-refractivity contribution is 5.82. The molecule has 0 aliphatic heterocycles. The lowest BCUT2D eigenvalue weighted by Crippen LogP contribution is -2.04. The second-order valence-electron chi connectivity index (χ2n) is 10.9. The maximum Gasteiger partial charge on any atom is 0.0698 e. The van der Waals surface area contributed by atoms with Crippen molar-refractivity contribution in [1.29, 1.82) is 0 Å². The molecular weight excluding hydrogens is 560 g/mol. The maximum atomic E-state index is 6.12. The number of hydrogen-bond acceptors (Lipinski definition) is 3. The highest BCUT2D eigenvalue weighted by atomic mass is 15.0. The van der Waals surface area contributed by atoms with E-state index in [1.807, 2.05) is 55.6 Å². The Labute approximate surface area is 276 Å². The molecule has 0 aliphatic rings. The highest BCUT2D eigenvalue weighted by Crippen LogP contribution is 2.37. The monoisotopic (exact) mass is 608 g/mol. The van der Waals surface area contributed by atoms with Crippen molar-refractivity contribution in [3.05, 3.63) is 169 Å². The first-order valence-electron chi connectivity index (χ1n) is 15.6. The van der Waals surface area contributed by atoms with Crippen molar-refractivity contribution in [2.24, 2.45) is 11.5 Å². The summed E-state index contributed by atoms with van der Waals surface area (Å²) >= 11 is 0. The minimum absolute atomic E-state index is 0.663. The Bertz CT molecular complexity index is 1760. The minimum Gasteiger partial charge on any atom is -0.404 e. The van der Waals surface area contributed by atoms with Crippen LogP contribution in [-0.2, 0) is 6.54 Å². The molecule has 3 rings (SSSR count). The van der Waals surface area contributed by atoms with E-state index in [9.17, 15) is 0 Å². The second-order valence-corrected chi connectivity index (χ2v) is 10.9. The quantitative estimate of drug-likeness (QED) is 0.133. The molecule has 0 saturated carbocycles. The zero-order valence-corrected chi connectivity index (χ0v) is 27.9. The van der Waals surface area contributed by atoms with E-state index in [-0.39, 0.29) is 0 Å². The van der Waals surface area contributed by atoms with Crippen LogP contribution < -0.4 is 11.5 Å². The topological polar surface area (TPSA) is 69.9 Å². The van der Waals surface area contributed by atoms with E-state index >= 15 is 0 Å². The largest absolute Gasteiger partial charge is 0.404 e. The van der Waals surface area contributed by atoms with Gasteiger partial charge in [-0.1, -0.05) is 99.2 Å². The van der Waals surface area contributed by atoms with Crippen molar-refractivity contribution in [2.75, 3.05) is 0 Å². The number of aromatic nitrogens is 2. The van der Waals surface area contributed by atoms with Gasteiger partial charge in [0.15, 0.2) is 0 Å². The molecule has 0 radical (unpaired) electrons. The molecule has 0 aliphatic carbocycles. The summed E-state index contributed by atoms with van der Waals surface area (Å²) in [7, 11) is 0. The van der Waals surface area contributed by atoms with Gasteiger partial charge >= 0.3 is 0 Å². The van der Waals surface area contributed by atoms with Gasteiger partial charge < -0.3 is 16.0 Å². The summed E-state index contributed by atoms with van der Waals surface area (Å²) in [6.45, 7) is 25.3. The van der Waals surface area contributed by atoms with Crippen molar-refractivity contribution in [3.8, 4) is 22.4 Å². The summed E-state index contributed by atoms with van der Waals surface area (Å²) in [6, 6.07) is 10.7. The van der Waals surface area contributed by atoms with Crippen LogP contribution in [0.2, 0.25) is 0 Å². The highest BCUT2D eigenvalue weighted by Gasteiger charge is 2.20. The Morgan fingerprint density at radius 2 is 1.63 bits per heavy atom. The summed E-state index contributed by atoms with van der Waals surface area (Å²) in [6.07, 6.45) is 26.6. The maximum absolute atomic E-state index is 6.12. The van der Waals surface area contributed by atoms with Gasteiger partial charge in [0.25, 0.3) is 0 Å². The molecule has 236 valence electrons. The Morgan fingerprint density at radius 1 is 0.870 bits per heavy atom. The van der Waals surface area contributed by atoms with Gasteiger partial charge in [0.1, 0.15) is 0 Å². The third-order valence-corrected chi connectivity index (χ3v) is 8.22. The molecule has 0 unspecified atom stereocenters. The third kappa shape index (κ3) is 8.02. The first kappa shape index (κ1) is 35.1. The van der Waals surface area contributed by atoms with Gasteiger partial charge in [-0.25, -0.2) is 0 Å². The molecule has 1 aromatic carbocycles. The Kier molecular flexibility index (Phi) is 13.2. The van der Waals surface area contributed by atoms with E-state index in [0.717, 1.165) is 68.9 Å². The van der Waals surface area contributed by atoms with Crippen molar-refractivity contribution in [1.82, 2.24) is 9.55 Å². The predicted octanol–water partition coefficient (Wildman–Crippen LogP) is 10.4. The fourth-order valence-corrected chi connectivity index (χ4v) is 5.46. The van der Waals surface area contributed by atoms with E-state index in [2.05, 4.69) is 99.1 Å². The van der Waals surface area contributed by atoms with Crippen LogP contribution in [0.3, 0.4) is 0 Å². The van der Waals surface area contributed by atoms with Crippen molar-refractivity contribution < 1.29 is 0 Å². The van der Waals surface area contributed by atoms with Crippen LogP contribution in [0.15, 0.2) is 141 Å². The number of nitrogens with two attached hydrogens (primary N) is 2. The van der Waals surface area contributed by atoms with Gasteiger partial charge in [-0.3, -0.25) is 4.98 Å². The third-order valence-electron chi connectivity index (χ3n) is 8.22. The summed E-state index contributed by atoms with van der Waals surface area (Å²) in [5, 5.41) is 0. The molecule has 0 fully saturated rings. The summed E-state index contributed by atoms with van der Waals surface area (Å²) < 4.78 is 2.41. The van der Waals surface area contributed by atoms with Gasteiger partial charge in [0.2, 0.25) is 0 Å². The first-order chi connectivity index (χ1) is 22.3. The Hall–Kier alpha value is -5.35. The molecule has 4 heteroatoms. The molecule has 4 nitrogen and oxygen atoms in total. The van der Waals surface area contributed by atoms with Gasteiger partial charge in [-0.2, -0.15) is 0 Å². The molecular formula is C42H48N4. The molecule has 46 heavy (non-hydrogen) atoms. The lowest BCUT2D eigenvalue weighted by Gasteiger charge is -2.16. The Balaban J connectivity index is 2.17. The van der Waals surface area contributed by atoms with E-state index in [0.29, 0.717) is 6.42 Å². The standard InChI is InChI=1S/C42H48N4/c1-9-15-16-24-46-41(26-34(13-5)37(28-44)19-17-18-32(10-2)27-43)30(7)31(8)42(46)39-22-20-36(25-35(39)14-6)38-21-23-40(45-29-38)33(11-3)12-4/h9-15,17,19-23,25-29H,2-3,5-6,16,18,24,43-44H2,1,4,7-8H3/b15-9-,19-17-,32-27+,33-12+,34-26+,37-28+. The van der Waals surface area contributed by atoms with Crippen LogP contribution in [-0.4, -0.2) is 9.55 Å². The van der Waals surface area contributed by atoms with E-state index in [1.54, 1.807) is 18.5 Å². The number of pyridine rings is 1. The number of benzene rings is 1. The summed E-state index contributed by atoms with van der Waals surface area (Å²) in [5.41, 5.74) is 25.5. The molecule has 4 N–H and O–H groups in total. The molecule has 2 aromatic heterocycles. The minimum atomic E-state index is 0.663. The number of allylic oxidation sites excluding steroid dienone is 12. The van der Waals surface area contributed by atoms with Gasteiger partial charge in [-0.05, 0) is 109 Å². The lowest BCUT2D eigenvalue weighted by molar-refractivity contribution is 0.713. The molecule has 2 heterocycles. The van der Waals surface area contributed by atoms with Crippen LogP contribution in [0.25, 0.3) is 40.1 Å². The van der Waals surface area contributed by atoms with Crippen LogP contribution in [0.1, 0.15) is 54.8 Å². The predicted molar refractivity (Wildman–Crippen MR) is 203 cm³/mol. The number of rotatable bonds is 15. The smallest absolute Gasteiger partial charge is 0.0698 e. The van der Waals surface area contributed by atoms with E-state index in [1.165, 1.54) is 16.8 Å². The zero-order valence-electron chi connectivity index (χ0n) is 27.9. The van der Waals surface area contributed by atoms with Crippen LogP contribution in [0, 0.1) is 13.8 Å². The molecule has 0 saturated heterocycles. The van der Waals surface area contributed by atoms with E-state index in [4.69, 9.17) is 11.5 Å². The normalized spacial score (nSPS) is 13.0. The van der Waals surface area contributed by atoms with Gasteiger partial charge in [0.05, 0.1) is 11.4 Å². The average Bonchev–Trinajstić information content (AvgIpc) is 3.32. The van der Waals surface area contributed by atoms with Crippen molar-refractivity contribution >= 4 is 17.7 Å². The molecule has 0 bridgehead atoms. The molecule has 0 spiro atoms. The second kappa shape index (κ2) is 17.2. The van der Waals surface area contributed by atoms with Crippen LogP contribution in [0.5, 0.6) is 0 Å². The van der Waals surface area contributed by atoms with E-state index < -0.39 is 0 Å². The van der Waals surface area contributed by atoms with Crippen molar-refractivity contribution in [3.63, 3.8) is 0 Å².